The van der Waals surface area contributed by atoms with Gasteiger partial charge in [0.2, 0.25) is 0 Å². The van der Waals surface area contributed by atoms with E-state index in [1.54, 1.807) is 48.6 Å². The number of phenols is 1. The first-order valence-electron chi connectivity index (χ1n) is 7.26. The number of aromatic nitrogens is 1. The molecule has 24 heavy (non-hydrogen) atoms. The van der Waals surface area contributed by atoms with E-state index in [1.807, 2.05) is 6.07 Å². The van der Waals surface area contributed by atoms with Crippen LogP contribution in [-0.2, 0) is 0 Å². The molecule has 2 N–H and O–H groups in total. The normalized spacial score (nSPS) is 11.0. The number of aromatic hydroxyl groups is 1. The first kappa shape index (κ1) is 15.6. The van der Waals surface area contributed by atoms with Crippen LogP contribution in [-0.4, -0.2) is 28.3 Å². The lowest BCUT2D eigenvalue weighted by atomic mass is 10.1. The molecule has 120 valence electrons. The van der Waals surface area contributed by atoms with E-state index in [4.69, 9.17) is 4.74 Å². The second kappa shape index (κ2) is 6.42. The summed E-state index contributed by atoms with van der Waals surface area (Å²) < 4.78 is 5.00. The number of carboxylic acids is 1. The molecule has 0 saturated heterocycles. The minimum absolute atomic E-state index is 0.0392. The zero-order valence-electron chi connectivity index (χ0n) is 12.9. The summed E-state index contributed by atoms with van der Waals surface area (Å²) >= 11 is 0. The van der Waals surface area contributed by atoms with Crippen molar-refractivity contribution in [2.45, 2.75) is 0 Å². The zero-order chi connectivity index (χ0) is 17.1. The second-order valence-corrected chi connectivity index (χ2v) is 5.18. The molecule has 3 aromatic rings. The zero-order valence-corrected chi connectivity index (χ0v) is 12.9. The van der Waals surface area contributed by atoms with Gasteiger partial charge in [0, 0.05) is 5.39 Å². The highest BCUT2D eigenvalue weighted by Crippen LogP contribution is 2.27. The molecule has 3 rings (SSSR count). The van der Waals surface area contributed by atoms with Gasteiger partial charge in [-0.3, -0.25) is 0 Å². The van der Waals surface area contributed by atoms with Gasteiger partial charge in [-0.1, -0.05) is 30.3 Å². The van der Waals surface area contributed by atoms with E-state index in [1.165, 1.54) is 13.2 Å². The molecule has 0 aliphatic carbocycles. The van der Waals surface area contributed by atoms with E-state index in [-0.39, 0.29) is 11.3 Å². The van der Waals surface area contributed by atoms with Crippen molar-refractivity contribution in [2.24, 2.45) is 0 Å². The van der Waals surface area contributed by atoms with Gasteiger partial charge >= 0.3 is 5.97 Å². The summed E-state index contributed by atoms with van der Waals surface area (Å²) in [6, 6.07) is 13.7. The molecule has 2 aromatic carbocycles. The number of phenolic OH excluding ortho intramolecular Hbond substituents is 1. The van der Waals surface area contributed by atoms with E-state index in [0.29, 0.717) is 22.3 Å². The van der Waals surface area contributed by atoms with Crippen LogP contribution in [0.15, 0.2) is 48.5 Å². The average Bonchev–Trinajstić information content (AvgIpc) is 2.59. The second-order valence-electron chi connectivity index (χ2n) is 5.18. The van der Waals surface area contributed by atoms with Gasteiger partial charge in [-0.15, -0.1) is 0 Å². The maximum absolute atomic E-state index is 11.5. The predicted octanol–water partition coefficient (Wildman–Crippen LogP) is 3.82. The summed E-state index contributed by atoms with van der Waals surface area (Å²) in [5.41, 5.74) is 2.11. The maximum atomic E-state index is 11.5. The van der Waals surface area contributed by atoms with E-state index >= 15 is 0 Å². The largest absolute Gasteiger partial charge is 0.504 e. The molecule has 0 radical (unpaired) electrons. The highest BCUT2D eigenvalue weighted by molar-refractivity contribution is 6.03. The fourth-order valence-corrected chi connectivity index (χ4v) is 2.45. The lowest BCUT2D eigenvalue weighted by Gasteiger charge is -2.05. The van der Waals surface area contributed by atoms with Gasteiger partial charge in [-0.2, -0.15) is 0 Å². The van der Waals surface area contributed by atoms with Crippen LogP contribution in [0, 0.1) is 0 Å². The Balaban J connectivity index is 2.00. The minimum atomic E-state index is -0.995. The average molecular weight is 321 g/mol. The van der Waals surface area contributed by atoms with E-state index in [2.05, 4.69) is 4.98 Å². The number of nitrogens with zero attached hydrogens (tertiary/aromatic N) is 1. The standard InChI is InChI=1S/C19H15NO4/c1-24-18-9-7-12(10-17(18)21)6-8-13-11-15(19(22)23)14-4-2-3-5-16(14)20-13/h2-11,21H,1H3,(H,22,23). The summed E-state index contributed by atoms with van der Waals surface area (Å²) in [6.07, 6.45) is 3.46. The monoisotopic (exact) mass is 321 g/mol. The third-order valence-corrected chi connectivity index (χ3v) is 3.62. The van der Waals surface area contributed by atoms with Gasteiger partial charge in [0.25, 0.3) is 0 Å². The van der Waals surface area contributed by atoms with Crippen LogP contribution in [0.5, 0.6) is 11.5 Å². The summed E-state index contributed by atoms with van der Waals surface area (Å²) in [6.45, 7) is 0. The van der Waals surface area contributed by atoms with Crippen molar-refractivity contribution in [1.29, 1.82) is 0 Å². The summed E-state index contributed by atoms with van der Waals surface area (Å²) in [4.78, 5) is 15.9. The molecule has 0 atom stereocenters. The highest BCUT2D eigenvalue weighted by Gasteiger charge is 2.10. The van der Waals surface area contributed by atoms with Gasteiger partial charge in [0.1, 0.15) is 0 Å². The molecule has 5 nitrogen and oxygen atoms in total. The van der Waals surface area contributed by atoms with Crippen LogP contribution < -0.4 is 4.74 Å². The number of benzene rings is 2. The van der Waals surface area contributed by atoms with Crippen molar-refractivity contribution in [3.8, 4) is 11.5 Å². The van der Waals surface area contributed by atoms with Gasteiger partial charge in [0.05, 0.1) is 23.9 Å². The number of aromatic carboxylic acids is 1. The number of hydrogen-bond acceptors (Lipinski definition) is 4. The number of fused-ring (bicyclic) bond motifs is 1. The number of carbonyl (C=O) groups is 1. The molecule has 0 amide bonds. The topological polar surface area (TPSA) is 79.7 Å². The number of ether oxygens (including phenoxy) is 1. The Morgan fingerprint density at radius 3 is 2.62 bits per heavy atom. The maximum Gasteiger partial charge on any atom is 0.336 e. The van der Waals surface area contributed by atoms with Crippen molar-refractivity contribution >= 4 is 29.0 Å². The van der Waals surface area contributed by atoms with E-state index in [0.717, 1.165) is 5.56 Å². The Bertz CT molecular complexity index is 947. The van der Waals surface area contributed by atoms with Gasteiger partial charge < -0.3 is 14.9 Å². The van der Waals surface area contributed by atoms with Crippen LogP contribution >= 0.6 is 0 Å². The summed E-state index contributed by atoms with van der Waals surface area (Å²) in [5, 5.41) is 19.8. The molecule has 0 fully saturated rings. The predicted molar refractivity (Wildman–Crippen MR) is 92.3 cm³/mol. The fraction of sp³-hybridized carbons (Fsp3) is 0.0526. The smallest absolute Gasteiger partial charge is 0.336 e. The van der Waals surface area contributed by atoms with Crippen molar-refractivity contribution in [3.63, 3.8) is 0 Å². The van der Waals surface area contributed by atoms with Crippen LogP contribution in [0.4, 0.5) is 0 Å². The molecule has 0 saturated carbocycles. The third-order valence-electron chi connectivity index (χ3n) is 3.62. The number of para-hydroxylation sites is 1. The number of pyridine rings is 1. The Morgan fingerprint density at radius 2 is 1.92 bits per heavy atom. The van der Waals surface area contributed by atoms with Crippen molar-refractivity contribution in [3.05, 3.63) is 65.4 Å². The molecule has 1 heterocycles. The first-order chi connectivity index (χ1) is 11.6. The number of carboxylic acid groups (broad SMARTS) is 1. The van der Waals surface area contributed by atoms with Crippen LogP contribution in [0.3, 0.4) is 0 Å². The van der Waals surface area contributed by atoms with E-state index < -0.39 is 5.97 Å². The minimum Gasteiger partial charge on any atom is -0.504 e. The highest BCUT2D eigenvalue weighted by atomic mass is 16.5. The fourth-order valence-electron chi connectivity index (χ4n) is 2.45. The van der Waals surface area contributed by atoms with E-state index in [9.17, 15) is 15.0 Å². The van der Waals surface area contributed by atoms with Gasteiger partial charge in [0.15, 0.2) is 11.5 Å². The molecular formula is C19H15NO4. The van der Waals surface area contributed by atoms with Crippen molar-refractivity contribution in [2.75, 3.05) is 7.11 Å². The molecule has 0 aliphatic rings. The van der Waals surface area contributed by atoms with Gasteiger partial charge in [-0.25, -0.2) is 9.78 Å². The van der Waals surface area contributed by atoms with Crippen molar-refractivity contribution < 1.29 is 19.7 Å². The number of rotatable bonds is 4. The molecule has 0 spiro atoms. The molecular weight excluding hydrogens is 306 g/mol. The molecule has 0 unspecified atom stereocenters. The van der Waals surface area contributed by atoms with Crippen LogP contribution in [0.2, 0.25) is 0 Å². The SMILES string of the molecule is COc1ccc(C=Cc2cc(C(=O)O)c3ccccc3n2)cc1O. The number of hydrogen-bond donors (Lipinski definition) is 2. The summed E-state index contributed by atoms with van der Waals surface area (Å²) in [5.74, 6) is -0.563. The summed E-state index contributed by atoms with van der Waals surface area (Å²) in [7, 11) is 1.48. The Labute approximate surface area is 138 Å². The lowest BCUT2D eigenvalue weighted by Crippen LogP contribution is -2.00. The molecule has 0 bridgehead atoms. The molecule has 1 aromatic heterocycles. The number of methoxy groups -OCH3 is 1. The Morgan fingerprint density at radius 1 is 1.12 bits per heavy atom. The van der Waals surface area contributed by atoms with Crippen LogP contribution in [0.25, 0.3) is 23.1 Å². The first-order valence-corrected chi connectivity index (χ1v) is 7.26. The Hall–Kier alpha value is -3.34. The van der Waals surface area contributed by atoms with Crippen molar-refractivity contribution in [1.82, 2.24) is 4.98 Å². The lowest BCUT2D eigenvalue weighted by molar-refractivity contribution is 0.0699. The van der Waals surface area contributed by atoms with Crippen LogP contribution in [0.1, 0.15) is 21.6 Å². The van der Waals surface area contributed by atoms with Gasteiger partial charge in [-0.05, 0) is 35.9 Å². The molecule has 5 heteroatoms. The molecule has 0 aliphatic heterocycles. The quantitative estimate of drug-likeness (QED) is 0.763. The third kappa shape index (κ3) is 3.05. The Kier molecular flexibility index (Phi) is 4.16.